The van der Waals surface area contributed by atoms with Crippen LogP contribution in [-0.4, -0.2) is 43.2 Å². The third-order valence-electron chi connectivity index (χ3n) is 6.87. The number of aryl methyl sites for hydroxylation is 1. The molecule has 11 nitrogen and oxygen atoms in total. The van der Waals surface area contributed by atoms with Gasteiger partial charge in [0.25, 0.3) is 5.91 Å². The zero-order chi connectivity index (χ0) is 28.8. The second-order valence-electron chi connectivity index (χ2n) is 9.77. The first-order valence-electron chi connectivity index (χ1n) is 12.8. The van der Waals surface area contributed by atoms with Crippen LogP contribution in [0, 0.1) is 5.92 Å². The topological polar surface area (TPSA) is 190 Å². The van der Waals surface area contributed by atoms with Crippen LogP contribution in [0.2, 0.25) is 0 Å². The van der Waals surface area contributed by atoms with Crippen LogP contribution in [0.1, 0.15) is 71.9 Å². The normalized spacial score (nSPS) is 15.5. The molecule has 2 amide bonds. The van der Waals surface area contributed by atoms with Gasteiger partial charge in [-0.05, 0) is 61.4 Å². The first kappa shape index (κ1) is 30.8. The Hall–Kier alpha value is -2.76. The largest absolute Gasteiger partial charge is 0.492 e. The first-order chi connectivity index (χ1) is 18.3. The molecule has 1 aliphatic carbocycles. The van der Waals surface area contributed by atoms with E-state index in [-0.39, 0.29) is 29.9 Å². The van der Waals surface area contributed by atoms with Gasteiger partial charge in [-0.2, -0.15) is 0 Å². The molecule has 1 saturated carbocycles. The molecule has 0 saturated heterocycles. The van der Waals surface area contributed by atoms with Crippen LogP contribution in [-0.2, 0) is 25.8 Å². The number of primary sulfonamides is 1. The fourth-order valence-electron chi connectivity index (χ4n) is 4.88. The molecular weight excluding hydrogens is 545 g/mol. The Morgan fingerprint density at radius 2 is 1.74 bits per heavy atom. The molecule has 0 aromatic heterocycles. The molecule has 1 aliphatic rings. The van der Waals surface area contributed by atoms with Crippen molar-refractivity contribution in [2.24, 2.45) is 16.8 Å². The van der Waals surface area contributed by atoms with Crippen LogP contribution in [0.5, 0.6) is 5.75 Å². The molecule has 214 valence electrons. The Balaban J connectivity index is 1.69. The molecule has 0 radical (unpaired) electrons. The Kier molecular flexibility index (Phi) is 10.3. The summed E-state index contributed by atoms with van der Waals surface area (Å²) >= 11 is 0. The third kappa shape index (κ3) is 8.36. The van der Waals surface area contributed by atoms with Gasteiger partial charge in [0.05, 0.1) is 12.2 Å². The van der Waals surface area contributed by atoms with Gasteiger partial charge in [-0.1, -0.05) is 43.5 Å². The molecule has 1 fully saturated rings. The number of nitrogens with zero attached hydrogens (tertiary/aromatic N) is 1. The number of nitrogens with two attached hydrogens (primary N) is 2. The van der Waals surface area contributed by atoms with Crippen molar-refractivity contribution >= 4 is 35.1 Å². The van der Waals surface area contributed by atoms with Crippen LogP contribution in [0.15, 0.2) is 42.5 Å². The third-order valence-corrected chi connectivity index (χ3v) is 10.4. The van der Waals surface area contributed by atoms with E-state index in [1.807, 2.05) is 0 Å². The van der Waals surface area contributed by atoms with Gasteiger partial charge in [0.15, 0.2) is 0 Å². The quantitative estimate of drug-likeness (QED) is 0.275. The van der Waals surface area contributed by atoms with Crippen molar-refractivity contribution in [3.05, 3.63) is 59.2 Å². The van der Waals surface area contributed by atoms with Gasteiger partial charge in [0.2, 0.25) is 20.9 Å². The number of rotatable bonds is 12. The fourth-order valence-corrected chi connectivity index (χ4v) is 7.51. The highest BCUT2D eigenvalue weighted by Gasteiger charge is 2.40. The van der Waals surface area contributed by atoms with Crippen LogP contribution < -0.4 is 20.5 Å². The highest BCUT2D eigenvalue weighted by Crippen LogP contribution is 2.54. The van der Waals surface area contributed by atoms with Crippen LogP contribution in [0.3, 0.4) is 0 Å². The average molecular weight is 582 g/mol. The lowest BCUT2D eigenvalue weighted by Crippen LogP contribution is -2.31. The molecule has 1 atom stereocenters. The van der Waals surface area contributed by atoms with E-state index >= 15 is 0 Å². The van der Waals surface area contributed by atoms with Crippen molar-refractivity contribution < 1.29 is 37.1 Å². The molecule has 0 spiro atoms. The van der Waals surface area contributed by atoms with Crippen LogP contribution in [0.25, 0.3) is 0 Å². The summed E-state index contributed by atoms with van der Waals surface area (Å²) in [5.74, 6) is -0.0180. The first-order valence-corrected chi connectivity index (χ1v) is 16.1. The number of sulfonamides is 1. The summed E-state index contributed by atoms with van der Waals surface area (Å²) in [6.45, 7) is 2.66. The summed E-state index contributed by atoms with van der Waals surface area (Å²) in [4.78, 5) is 43.5. The number of anilines is 1. The molecule has 2 aromatic carbocycles. The maximum atomic E-state index is 13.1. The zero-order valence-corrected chi connectivity index (χ0v) is 23.6. The molecular formula is C26H36N3O8PS. The van der Waals surface area contributed by atoms with Crippen molar-refractivity contribution in [2.45, 2.75) is 56.9 Å². The van der Waals surface area contributed by atoms with Crippen molar-refractivity contribution in [3.63, 3.8) is 0 Å². The predicted octanol–water partition coefficient (Wildman–Crippen LogP) is 3.20. The van der Waals surface area contributed by atoms with Crippen molar-refractivity contribution in [2.75, 3.05) is 18.1 Å². The number of carbonyl (C=O) groups is 2. The second kappa shape index (κ2) is 13.1. The number of carbonyl (C=O) groups excluding carboxylic acids is 2. The van der Waals surface area contributed by atoms with Crippen molar-refractivity contribution in [1.29, 1.82) is 0 Å². The molecule has 6 N–H and O–H groups in total. The van der Waals surface area contributed by atoms with Gasteiger partial charge in [0.1, 0.15) is 5.75 Å². The lowest BCUT2D eigenvalue weighted by molar-refractivity contribution is -0.118. The van der Waals surface area contributed by atoms with E-state index in [9.17, 15) is 32.4 Å². The number of amides is 2. The number of hydrogen-bond donors (Lipinski definition) is 4. The zero-order valence-electron chi connectivity index (χ0n) is 21.9. The second-order valence-corrected chi connectivity index (χ2v) is 13.5. The SMILES string of the molecule is CCN(C(=O)CCc1ccc(C(P(=O)(O)O)S(N)(=O)=O)cc1)c1ccc(OCC2CCCCC2)c(C(N)=O)c1. The highest BCUT2D eigenvalue weighted by molar-refractivity contribution is 7.95. The van der Waals surface area contributed by atoms with Gasteiger partial charge in [-0.25, -0.2) is 13.6 Å². The van der Waals surface area contributed by atoms with Crippen molar-refractivity contribution in [3.8, 4) is 5.75 Å². The van der Waals surface area contributed by atoms with E-state index in [0.717, 1.165) is 12.8 Å². The van der Waals surface area contributed by atoms with Gasteiger partial charge >= 0.3 is 7.60 Å². The standard InChI is InChI=1S/C26H36N3O8PS/c1-2-29(21-13-14-23(22(16-21)25(27)31)37-17-19-6-4-3-5-7-19)24(30)15-10-18-8-11-20(12-9-18)26(38(32,33)34)39(28,35)36/h8-9,11-14,16,19,26H,2-7,10,15,17H2,1H3,(H2,27,31)(H2,28,35,36)(H2,32,33,34). The molecule has 39 heavy (non-hydrogen) atoms. The van der Waals surface area contributed by atoms with E-state index in [2.05, 4.69) is 0 Å². The van der Waals surface area contributed by atoms with E-state index in [0.29, 0.717) is 36.1 Å². The summed E-state index contributed by atoms with van der Waals surface area (Å²) in [5, 5.41) is 5.02. The molecule has 2 aromatic rings. The minimum atomic E-state index is -5.06. The lowest BCUT2D eigenvalue weighted by Gasteiger charge is -2.24. The fraction of sp³-hybridized carbons (Fsp3) is 0.462. The monoisotopic (exact) mass is 581 g/mol. The Morgan fingerprint density at radius 1 is 1.10 bits per heavy atom. The number of primary amides is 1. The maximum absolute atomic E-state index is 13.1. The molecule has 1 unspecified atom stereocenters. The minimum absolute atomic E-state index is 0.0934. The smallest absolute Gasteiger partial charge is 0.349 e. The summed E-state index contributed by atoms with van der Waals surface area (Å²) in [5.41, 5.74) is 6.85. The molecule has 3 rings (SSSR count). The Bertz CT molecular complexity index is 1320. The van der Waals surface area contributed by atoms with E-state index < -0.39 is 28.5 Å². The number of ether oxygens (including phenoxy) is 1. The molecule has 0 aliphatic heterocycles. The van der Waals surface area contributed by atoms with Gasteiger partial charge in [-0.15, -0.1) is 0 Å². The number of hydrogen-bond acceptors (Lipinski definition) is 6. The Morgan fingerprint density at radius 3 is 2.28 bits per heavy atom. The van der Waals surface area contributed by atoms with E-state index in [1.165, 1.54) is 48.4 Å². The van der Waals surface area contributed by atoms with Gasteiger partial charge < -0.3 is 25.2 Å². The summed E-state index contributed by atoms with van der Waals surface area (Å²) in [7, 11) is -9.61. The van der Waals surface area contributed by atoms with Gasteiger partial charge in [-0.3, -0.25) is 14.2 Å². The van der Waals surface area contributed by atoms with Crippen LogP contribution in [0.4, 0.5) is 5.69 Å². The van der Waals surface area contributed by atoms with E-state index in [1.54, 1.807) is 25.1 Å². The molecule has 0 bridgehead atoms. The Labute approximate surface area is 228 Å². The minimum Gasteiger partial charge on any atom is -0.492 e. The van der Waals surface area contributed by atoms with Crippen molar-refractivity contribution in [1.82, 2.24) is 0 Å². The van der Waals surface area contributed by atoms with Crippen LogP contribution >= 0.6 is 7.60 Å². The number of benzene rings is 2. The van der Waals surface area contributed by atoms with Gasteiger partial charge in [0, 0.05) is 18.7 Å². The summed E-state index contributed by atoms with van der Waals surface area (Å²) < 4.78 is 41.0. The van der Waals surface area contributed by atoms with E-state index in [4.69, 9.17) is 15.6 Å². The summed E-state index contributed by atoms with van der Waals surface area (Å²) in [6.07, 6.45) is 6.17. The predicted molar refractivity (Wildman–Crippen MR) is 148 cm³/mol. The maximum Gasteiger partial charge on any atom is 0.349 e. The molecule has 0 heterocycles. The lowest BCUT2D eigenvalue weighted by atomic mass is 9.90. The molecule has 13 heteroatoms. The highest BCUT2D eigenvalue weighted by atomic mass is 32.2. The average Bonchev–Trinajstić information content (AvgIpc) is 2.86. The summed E-state index contributed by atoms with van der Waals surface area (Å²) in [6, 6.07) is 10.5.